The first kappa shape index (κ1) is 33.0. The van der Waals surface area contributed by atoms with Crippen molar-refractivity contribution in [3.05, 3.63) is 77.7 Å². The van der Waals surface area contributed by atoms with E-state index in [1.54, 1.807) is 54.4 Å². The summed E-state index contributed by atoms with van der Waals surface area (Å²) in [6, 6.07) is 15.3. The molecule has 0 aliphatic carbocycles. The number of rotatable bonds is 10. The molecular weight excluding hydrogens is 615 g/mol. The zero-order valence-corrected chi connectivity index (χ0v) is 28.4. The number of ether oxygens (including phenoxy) is 2. The first-order valence-electron chi connectivity index (χ1n) is 14.7. The van der Waals surface area contributed by atoms with E-state index in [2.05, 4.69) is 54.5 Å². The summed E-state index contributed by atoms with van der Waals surface area (Å²) in [5, 5.41) is 5.89. The number of fused-ring (bicyclic) bond motifs is 1. The minimum absolute atomic E-state index is 0.0589. The number of hydrogen-bond acceptors (Lipinski definition) is 10. The zero-order valence-electron chi connectivity index (χ0n) is 26.6. The van der Waals surface area contributed by atoms with Gasteiger partial charge < -0.3 is 24.5 Å². The molecule has 2 aliphatic rings. The molecule has 2 N–H and O–H groups in total. The molecule has 1 fully saturated rings. The molecule has 14 heteroatoms. The number of aryl methyl sites for hydroxylation is 1. The van der Waals surface area contributed by atoms with Gasteiger partial charge in [-0.15, -0.1) is 0 Å². The number of imidazole rings is 1. The van der Waals surface area contributed by atoms with E-state index >= 15 is 0 Å². The predicted octanol–water partition coefficient (Wildman–Crippen LogP) is 4.78. The summed E-state index contributed by atoms with van der Waals surface area (Å²) in [5.74, 6) is 0.261. The lowest BCUT2D eigenvalue weighted by Crippen LogP contribution is -2.50. The number of benzene rings is 2. The summed E-state index contributed by atoms with van der Waals surface area (Å²) in [6.07, 6.45) is -0.523. The topological polar surface area (TPSA) is 142 Å². The Hall–Kier alpha value is -3.40. The molecule has 2 aromatic carbocycles. The monoisotopic (exact) mass is 655 g/mol. The molecule has 0 spiro atoms. The third-order valence-electron chi connectivity index (χ3n) is 8.58. The van der Waals surface area contributed by atoms with Crippen LogP contribution in [-0.4, -0.2) is 70.6 Å². The highest BCUT2D eigenvalue weighted by Crippen LogP contribution is 2.43. The SMILES string of the molecule is CO[C@@H]1[C@H](O[Si](C)(C)C(C)(C)C)[C@@H](COS(=O)(=O)c2ccc(C)cc2)O[C@H]1n1cnc2c1NC=NC2NC(=O)c1ccccc1. The van der Waals surface area contributed by atoms with Gasteiger partial charge >= 0.3 is 0 Å². The third-order valence-corrected chi connectivity index (χ3v) is 14.3. The van der Waals surface area contributed by atoms with E-state index in [0.29, 0.717) is 17.1 Å². The molecule has 0 radical (unpaired) electrons. The Morgan fingerprint density at radius 1 is 1.09 bits per heavy atom. The molecule has 12 nitrogen and oxygen atoms in total. The van der Waals surface area contributed by atoms with Crippen molar-refractivity contribution >= 4 is 36.5 Å². The van der Waals surface area contributed by atoms with Crippen LogP contribution in [-0.2, 0) is 28.2 Å². The van der Waals surface area contributed by atoms with E-state index < -0.39 is 49.1 Å². The minimum Gasteiger partial charge on any atom is -0.408 e. The summed E-state index contributed by atoms with van der Waals surface area (Å²) in [6.45, 7) is 12.2. The number of nitrogens with zero attached hydrogens (tertiary/aromatic N) is 3. The summed E-state index contributed by atoms with van der Waals surface area (Å²) >= 11 is 0. The molecule has 2 aliphatic heterocycles. The maximum atomic E-state index is 13.1. The van der Waals surface area contributed by atoms with E-state index in [-0.39, 0.29) is 22.4 Å². The van der Waals surface area contributed by atoms with Crippen LogP contribution in [0, 0.1) is 6.92 Å². The number of nitrogens with one attached hydrogen (secondary N) is 2. The van der Waals surface area contributed by atoms with Crippen molar-refractivity contribution in [3.8, 4) is 0 Å². The highest BCUT2D eigenvalue weighted by atomic mass is 32.2. The Kier molecular flexibility index (Phi) is 9.36. The summed E-state index contributed by atoms with van der Waals surface area (Å²) in [5.41, 5.74) is 1.93. The molecule has 1 unspecified atom stereocenters. The van der Waals surface area contributed by atoms with E-state index in [4.69, 9.17) is 18.1 Å². The van der Waals surface area contributed by atoms with Crippen LogP contribution in [0.2, 0.25) is 18.1 Å². The number of anilines is 1. The number of carbonyl (C=O) groups is 1. The van der Waals surface area contributed by atoms with E-state index in [9.17, 15) is 13.2 Å². The lowest BCUT2D eigenvalue weighted by atomic mass is 10.1. The molecule has 5 rings (SSSR count). The fourth-order valence-corrected chi connectivity index (χ4v) is 7.21. The summed E-state index contributed by atoms with van der Waals surface area (Å²) in [7, 11) is -4.89. The Labute approximate surface area is 265 Å². The Morgan fingerprint density at radius 2 is 1.78 bits per heavy atom. The Balaban J connectivity index is 1.43. The Bertz CT molecular complexity index is 1640. The first-order chi connectivity index (χ1) is 21.2. The van der Waals surface area contributed by atoms with Gasteiger partial charge in [-0.1, -0.05) is 56.7 Å². The summed E-state index contributed by atoms with van der Waals surface area (Å²) < 4.78 is 52.9. The van der Waals surface area contributed by atoms with Crippen LogP contribution in [0.25, 0.3) is 0 Å². The van der Waals surface area contributed by atoms with Gasteiger partial charge in [0.05, 0.1) is 24.2 Å². The van der Waals surface area contributed by atoms with Crippen molar-refractivity contribution in [1.29, 1.82) is 0 Å². The van der Waals surface area contributed by atoms with E-state index in [0.717, 1.165) is 5.56 Å². The molecule has 1 amide bonds. The molecule has 1 aromatic heterocycles. The number of carbonyl (C=O) groups excluding carboxylic acids is 1. The van der Waals surface area contributed by atoms with Gasteiger partial charge in [0.1, 0.15) is 29.8 Å². The van der Waals surface area contributed by atoms with Gasteiger partial charge in [-0.2, -0.15) is 8.42 Å². The molecule has 5 atom stereocenters. The van der Waals surface area contributed by atoms with Crippen LogP contribution in [0.15, 0.2) is 70.8 Å². The van der Waals surface area contributed by atoms with E-state index in [1.165, 1.54) is 18.5 Å². The standard InChI is InChI=1S/C31H41N5O7SSi/c1-20-13-15-22(16-14-20)44(38,39)41-17-23-25(43-45(6,7)31(2,3)4)26(40-5)30(42-23)36-19-34-24-27(32-18-33-28(24)36)35-29(37)21-11-9-8-10-12-21/h8-16,18-19,23,25-27,30H,17H2,1-7H3,(H,32,33)(H,35,37)/t23-,25-,26-,27?,30-/m1/s1. The van der Waals surface area contributed by atoms with Crippen molar-refractivity contribution < 1.29 is 31.3 Å². The molecule has 45 heavy (non-hydrogen) atoms. The normalized spacial score (nSPS) is 23.4. The quantitative estimate of drug-likeness (QED) is 0.233. The smallest absolute Gasteiger partial charge is 0.297 e. The van der Waals surface area contributed by atoms with Crippen LogP contribution in [0.3, 0.4) is 0 Å². The second-order valence-corrected chi connectivity index (χ2v) is 19.1. The Morgan fingerprint density at radius 3 is 2.42 bits per heavy atom. The maximum Gasteiger partial charge on any atom is 0.297 e. The van der Waals surface area contributed by atoms with Crippen molar-refractivity contribution in [1.82, 2.24) is 14.9 Å². The predicted molar refractivity (Wildman–Crippen MR) is 172 cm³/mol. The highest BCUT2D eigenvalue weighted by molar-refractivity contribution is 7.86. The number of aliphatic imine (C=N–C) groups is 1. The summed E-state index contributed by atoms with van der Waals surface area (Å²) in [4.78, 5) is 21.9. The molecule has 242 valence electrons. The van der Waals surface area contributed by atoms with Crippen LogP contribution in [0.5, 0.6) is 0 Å². The van der Waals surface area contributed by atoms with Crippen molar-refractivity contribution in [2.45, 2.75) is 81.4 Å². The average molecular weight is 656 g/mol. The fourth-order valence-electron chi connectivity index (χ4n) is 4.97. The van der Waals surface area contributed by atoms with Gasteiger partial charge in [-0.05, 0) is 49.3 Å². The van der Waals surface area contributed by atoms with Crippen LogP contribution < -0.4 is 10.6 Å². The van der Waals surface area contributed by atoms with Crippen molar-refractivity contribution in [2.24, 2.45) is 4.99 Å². The number of amides is 1. The average Bonchev–Trinajstić information content (AvgIpc) is 3.57. The zero-order chi connectivity index (χ0) is 32.6. The lowest BCUT2D eigenvalue weighted by molar-refractivity contribution is -0.0564. The number of methoxy groups -OCH3 is 1. The van der Waals surface area contributed by atoms with Gasteiger partial charge in [-0.3, -0.25) is 13.5 Å². The molecule has 0 bridgehead atoms. The van der Waals surface area contributed by atoms with Gasteiger partial charge in [0.25, 0.3) is 16.0 Å². The van der Waals surface area contributed by atoms with E-state index in [1.807, 2.05) is 13.0 Å². The number of aromatic nitrogens is 2. The van der Waals surface area contributed by atoms with Crippen LogP contribution in [0.4, 0.5) is 5.82 Å². The van der Waals surface area contributed by atoms with Gasteiger partial charge in [-0.25, -0.2) is 9.98 Å². The lowest BCUT2D eigenvalue weighted by Gasteiger charge is -2.40. The van der Waals surface area contributed by atoms with Crippen LogP contribution in [0.1, 0.15) is 54.8 Å². The second kappa shape index (κ2) is 12.8. The van der Waals surface area contributed by atoms with Gasteiger partial charge in [0.2, 0.25) is 0 Å². The van der Waals surface area contributed by atoms with Gasteiger partial charge in [0, 0.05) is 12.7 Å². The fraction of sp³-hybridized carbons (Fsp3) is 0.452. The van der Waals surface area contributed by atoms with Crippen molar-refractivity contribution in [2.75, 3.05) is 19.0 Å². The largest absolute Gasteiger partial charge is 0.408 e. The van der Waals surface area contributed by atoms with Gasteiger partial charge in [0.15, 0.2) is 20.7 Å². The molecule has 1 saturated heterocycles. The molecule has 0 saturated carbocycles. The minimum atomic E-state index is -4.07. The first-order valence-corrected chi connectivity index (χ1v) is 19.1. The second-order valence-electron chi connectivity index (χ2n) is 12.7. The maximum absolute atomic E-state index is 13.1. The molecular formula is C31H41N5O7SSi. The number of hydrogen-bond donors (Lipinski definition) is 2. The molecule has 3 heterocycles. The van der Waals surface area contributed by atoms with Crippen molar-refractivity contribution in [3.63, 3.8) is 0 Å². The highest BCUT2D eigenvalue weighted by Gasteiger charge is 2.52. The third kappa shape index (κ3) is 6.90. The molecule has 3 aromatic rings. The van der Waals surface area contributed by atoms with Crippen LogP contribution >= 0.6 is 0 Å².